The third kappa shape index (κ3) is 7.31. The molecule has 11 heavy (non-hydrogen) atoms. The van der Waals surface area contributed by atoms with Gasteiger partial charge in [-0.2, -0.15) is 0 Å². The molecule has 1 unspecified atom stereocenters. The van der Waals surface area contributed by atoms with Crippen LogP contribution < -0.4 is 0 Å². The number of hydrogen-bond acceptors (Lipinski definition) is 1. The van der Waals surface area contributed by atoms with Gasteiger partial charge in [0.15, 0.2) is 0 Å². The zero-order valence-electron chi connectivity index (χ0n) is 8.04. The smallest absolute Gasteiger partial charge is 0.0226 e. The summed E-state index contributed by atoms with van der Waals surface area (Å²) in [5.74, 6) is 1.20. The molecule has 0 aromatic rings. The maximum atomic E-state index is 4.15. The van der Waals surface area contributed by atoms with Gasteiger partial charge in [0.25, 0.3) is 0 Å². The van der Waals surface area contributed by atoms with Gasteiger partial charge in [-0.05, 0) is 11.8 Å². The molecule has 1 atom stereocenters. The number of aliphatic imine (C=N–C) groups is 1. The Morgan fingerprint density at radius 3 is 2.36 bits per heavy atom. The van der Waals surface area contributed by atoms with Crippen molar-refractivity contribution in [1.82, 2.24) is 0 Å². The molecule has 0 fully saturated rings. The first-order chi connectivity index (χ1) is 5.16. The lowest BCUT2D eigenvalue weighted by Crippen LogP contribution is -1.86. The molecule has 64 valence electrons. The third-order valence-electron chi connectivity index (χ3n) is 1.53. The second kappa shape index (κ2) is 6.14. The first-order valence-electron chi connectivity index (χ1n) is 4.36. The molecule has 0 aromatic carbocycles. The van der Waals surface area contributed by atoms with Crippen molar-refractivity contribution in [3.8, 4) is 0 Å². The summed E-state index contributed by atoms with van der Waals surface area (Å²) in [4.78, 5) is 4.15. The van der Waals surface area contributed by atoms with E-state index < -0.39 is 0 Å². The van der Waals surface area contributed by atoms with Gasteiger partial charge in [-0.15, -0.1) is 0 Å². The van der Waals surface area contributed by atoms with Crippen molar-refractivity contribution in [3.63, 3.8) is 0 Å². The van der Waals surface area contributed by atoms with Gasteiger partial charge in [0, 0.05) is 12.4 Å². The van der Waals surface area contributed by atoms with E-state index in [4.69, 9.17) is 0 Å². The molecule has 1 heteroatoms. The molecule has 0 aliphatic rings. The molecular weight excluding hydrogens is 134 g/mol. The van der Waals surface area contributed by atoms with Crippen molar-refractivity contribution in [1.29, 1.82) is 0 Å². The van der Waals surface area contributed by atoms with Gasteiger partial charge in [-0.25, -0.2) is 0 Å². The molecule has 0 N–H and O–H groups in total. The third-order valence-corrected chi connectivity index (χ3v) is 1.53. The highest BCUT2D eigenvalue weighted by Crippen LogP contribution is 2.01. The fourth-order valence-electron chi connectivity index (χ4n) is 0.555. The van der Waals surface area contributed by atoms with Crippen LogP contribution in [0.15, 0.2) is 17.3 Å². The topological polar surface area (TPSA) is 12.4 Å². The van der Waals surface area contributed by atoms with Gasteiger partial charge >= 0.3 is 0 Å². The zero-order valence-corrected chi connectivity index (χ0v) is 8.04. The first kappa shape index (κ1) is 10.4. The van der Waals surface area contributed by atoms with E-state index in [0.717, 1.165) is 0 Å². The summed E-state index contributed by atoms with van der Waals surface area (Å²) in [6.45, 7) is 8.63. The second-order valence-corrected chi connectivity index (χ2v) is 3.27. The lowest BCUT2D eigenvalue weighted by Gasteiger charge is -1.96. The Morgan fingerprint density at radius 1 is 1.27 bits per heavy atom. The van der Waals surface area contributed by atoms with E-state index in [1.165, 1.54) is 6.42 Å². The molecule has 0 bridgehead atoms. The van der Waals surface area contributed by atoms with Crippen LogP contribution >= 0.6 is 0 Å². The Labute approximate surface area is 70.2 Å². The molecule has 0 amide bonds. The summed E-state index contributed by atoms with van der Waals surface area (Å²) >= 11 is 0. The van der Waals surface area contributed by atoms with Crippen LogP contribution in [-0.2, 0) is 0 Å². The van der Waals surface area contributed by atoms with Crippen LogP contribution in [0.5, 0.6) is 0 Å². The quantitative estimate of drug-likeness (QED) is 0.550. The summed E-state index contributed by atoms with van der Waals surface area (Å²) in [6.07, 6.45) is 7.18. The van der Waals surface area contributed by atoms with E-state index in [1.807, 2.05) is 12.4 Å². The number of rotatable bonds is 4. The maximum absolute atomic E-state index is 4.15. The highest BCUT2D eigenvalue weighted by atomic mass is 14.7. The van der Waals surface area contributed by atoms with Crippen LogP contribution in [0.4, 0.5) is 0 Å². The van der Waals surface area contributed by atoms with E-state index in [1.54, 1.807) is 0 Å². The van der Waals surface area contributed by atoms with Crippen LogP contribution in [0.3, 0.4) is 0 Å². The summed E-state index contributed by atoms with van der Waals surface area (Å²) in [7, 11) is 0. The first-order valence-corrected chi connectivity index (χ1v) is 4.36. The summed E-state index contributed by atoms with van der Waals surface area (Å²) in [5, 5.41) is 0. The van der Waals surface area contributed by atoms with Crippen molar-refractivity contribution in [3.05, 3.63) is 12.3 Å². The number of allylic oxidation sites excluding steroid dienone is 1. The standard InChI is InChI=1S/C10H19N/c1-5-10(4)6-7-11-8-9(2)3/h6-10H,5H2,1-4H3. The second-order valence-electron chi connectivity index (χ2n) is 3.27. The van der Waals surface area contributed by atoms with Gasteiger partial charge in [0.05, 0.1) is 0 Å². The van der Waals surface area contributed by atoms with E-state index in [-0.39, 0.29) is 0 Å². The normalized spacial score (nSPS) is 15.4. The SMILES string of the molecule is CCC(C)C=CN=CC(C)C. The summed E-state index contributed by atoms with van der Waals surface area (Å²) in [5.41, 5.74) is 0. The zero-order chi connectivity index (χ0) is 8.69. The molecule has 0 saturated heterocycles. The van der Waals surface area contributed by atoms with Crippen LogP contribution in [0, 0.1) is 11.8 Å². The Balaban J connectivity index is 3.59. The van der Waals surface area contributed by atoms with Gasteiger partial charge in [-0.3, -0.25) is 4.99 Å². The minimum absolute atomic E-state index is 0.552. The van der Waals surface area contributed by atoms with Crippen LogP contribution in [0.25, 0.3) is 0 Å². The van der Waals surface area contributed by atoms with E-state index in [2.05, 4.69) is 38.8 Å². The number of hydrogen-bond donors (Lipinski definition) is 0. The van der Waals surface area contributed by atoms with Gasteiger partial charge in [-0.1, -0.05) is 40.2 Å². The largest absolute Gasteiger partial charge is 0.269 e. The van der Waals surface area contributed by atoms with Crippen molar-refractivity contribution < 1.29 is 0 Å². The molecule has 0 heterocycles. The highest BCUT2D eigenvalue weighted by molar-refractivity contribution is 5.60. The Morgan fingerprint density at radius 2 is 1.91 bits per heavy atom. The molecule has 1 nitrogen and oxygen atoms in total. The van der Waals surface area contributed by atoms with E-state index in [0.29, 0.717) is 11.8 Å². The van der Waals surface area contributed by atoms with Crippen LogP contribution in [0.2, 0.25) is 0 Å². The molecule has 0 saturated carbocycles. The summed E-state index contributed by atoms with van der Waals surface area (Å²) < 4.78 is 0. The van der Waals surface area contributed by atoms with Gasteiger partial charge in [0.1, 0.15) is 0 Å². The molecular formula is C10H19N. The van der Waals surface area contributed by atoms with E-state index >= 15 is 0 Å². The molecule has 0 aromatic heterocycles. The Bertz CT molecular complexity index is 134. The molecule has 0 aliphatic heterocycles. The fraction of sp³-hybridized carbons (Fsp3) is 0.700. The maximum Gasteiger partial charge on any atom is 0.0226 e. The van der Waals surface area contributed by atoms with Gasteiger partial charge < -0.3 is 0 Å². The van der Waals surface area contributed by atoms with Crippen molar-refractivity contribution in [2.24, 2.45) is 16.8 Å². The van der Waals surface area contributed by atoms with Crippen molar-refractivity contribution >= 4 is 6.21 Å². The average Bonchev–Trinajstić information content (AvgIpc) is 1.97. The number of nitrogens with zero attached hydrogens (tertiary/aromatic N) is 1. The van der Waals surface area contributed by atoms with Gasteiger partial charge in [0.2, 0.25) is 0 Å². The minimum atomic E-state index is 0.552. The van der Waals surface area contributed by atoms with Crippen LogP contribution in [0.1, 0.15) is 34.1 Å². The minimum Gasteiger partial charge on any atom is -0.269 e. The molecule has 0 rings (SSSR count). The highest BCUT2D eigenvalue weighted by Gasteiger charge is 1.88. The molecule has 0 spiro atoms. The van der Waals surface area contributed by atoms with Crippen molar-refractivity contribution in [2.45, 2.75) is 34.1 Å². The summed E-state index contributed by atoms with van der Waals surface area (Å²) in [6, 6.07) is 0. The molecule has 0 radical (unpaired) electrons. The molecule has 0 aliphatic carbocycles. The average molecular weight is 153 g/mol. The van der Waals surface area contributed by atoms with Crippen molar-refractivity contribution in [2.75, 3.05) is 0 Å². The lowest BCUT2D eigenvalue weighted by molar-refractivity contribution is 0.697. The monoisotopic (exact) mass is 153 g/mol. The predicted molar refractivity (Wildman–Crippen MR) is 51.9 cm³/mol. The van der Waals surface area contributed by atoms with Crippen LogP contribution in [-0.4, -0.2) is 6.21 Å². The van der Waals surface area contributed by atoms with E-state index in [9.17, 15) is 0 Å². The fourth-order valence-corrected chi connectivity index (χ4v) is 0.555. The Hall–Kier alpha value is -0.590. The predicted octanol–water partition coefficient (Wildman–Crippen LogP) is 3.27. The lowest BCUT2D eigenvalue weighted by atomic mass is 10.1. The Kier molecular flexibility index (Phi) is 5.81.